The molecule has 0 aromatic carbocycles. The largest absolute Gasteiger partial charge is 0.387 e. The molecule has 0 aromatic heterocycles. The normalized spacial score (nSPS) is 39.7. The zero-order valence-corrected chi connectivity index (χ0v) is 14.9. The molecule has 0 aromatic rings. The van der Waals surface area contributed by atoms with E-state index >= 15 is 0 Å². The second-order valence-corrected chi connectivity index (χ2v) is 6.92. The van der Waals surface area contributed by atoms with Crippen molar-refractivity contribution in [2.45, 2.75) is 49.5 Å². The molecular formula is C13H24IN3O2S. The Bertz CT molecular complexity index is 364. The van der Waals surface area contributed by atoms with Crippen molar-refractivity contribution in [3.63, 3.8) is 0 Å². The summed E-state index contributed by atoms with van der Waals surface area (Å²) in [5, 5.41) is 17.0. The minimum Gasteiger partial charge on any atom is -0.387 e. The molecule has 116 valence electrons. The van der Waals surface area contributed by atoms with Gasteiger partial charge in [0.25, 0.3) is 0 Å². The lowest BCUT2D eigenvalue weighted by molar-refractivity contribution is 0.0722. The molecule has 5 nitrogen and oxygen atoms in total. The summed E-state index contributed by atoms with van der Waals surface area (Å²) < 4.78 is 5.83. The number of hydrogen-bond donors (Lipinski definition) is 3. The van der Waals surface area contributed by atoms with Gasteiger partial charge in [0.15, 0.2) is 5.96 Å². The Labute approximate surface area is 141 Å². The molecule has 3 N–H and O–H groups in total. The van der Waals surface area contributed by atoms with Crippen LogP contribution in [0.1, 0.15) is 25.7 Å². The van der Waals surface area contributed by atoms with Gasteiger partial charge in [0.05, 0.1) is 23.9 Å². The van der Waals surface area contributed by atoms with Crippen LogP contribution >= 0.6 is 35.7 Å². The summed E-state index contributed by atoms with van der Waals surface area (Å²) in [6, 6.07) is 0.373. The second-order valence-electron chi connectivity index (χ2n) is 5.81. The first kappa shape index (κ1) is 16.6. The van der Waals surface area contributed by atoms with Crippen molar-refractivity contribution in [3.8, 4) is 0 Å². The van der Waals surface area contributed by atoms with Crippen LogP contribution in [0.15, 0.2) is 4.99 Å². The van der Waals surface area contributed by atoms with Gasteiger partial charge in [-0.05, 0) is 31.4 Å². The molecule has 3 fully saturated rings. The molecular weight excluding hydrogens is 389 g/mol. The van der Waals surface area contributed by atoms with Crippen LogP contribution in [0.25, 0.3) is 0 Å². The minimum atomic E-state index is -0.576. The van der Waals surface area contributed by atoms with Gasteiger partial charge in [0.2, 0.25) is 0 Å². The van der Waals surface area contributed by atoms with Crippen LogP contribution < -0.4 is 10.6 Å². The third-order valence-electron chi connectivity index (χ3n) is 4.32. The number of fused-ring (bicyclic) bond motifs is 2. The number of halogens is 1. The molecule has 0 radical (unpaired) electrons. The molecule has 4 atom stereocenters. The molecule has 3 aliphatic heterocycles. The summed E-state index contributed by atoms with van der Waals surface area (Å²) in [7, 11) is 1.77. The number of hydrogen-bond acceptors (Lipinski definition) is 4. The van der Waals surface area contributed by atoms with E-state index in [9.17, 15) is 5.11 Å². The Morgan fingerprint density at radius 2 is 2.35 bits per heavy atom. The lowest BCUT2D eigenvalue weighted by Gasteiger charge is -2.26. The monoisotopic (exact) mass is 413 g/mol. The lowest BCUT2D eigenvalue weighted by Crippen LogP contribution is -2.51. The van der Waals surface area contributed by atoms with Gasteiger partial charge in [0.1, 0.15) is 0 Å². The highest BCUT2D eigenvalue weighted by Crippen LogP contribution is 2.34. The summed E-state index contributed by atoms with van der Waals surface area (Å²) in [6.45, 7) is 0.571. The van der Waals surface area contributed by atoms with Gasteiger partial charge in [0, 0.05) is 19.3 Å². The van der Waals surface area contributed by atoms with E-state index in [0.29, 0.717) is 24.8 Å². The standard InChI is InChI=1S/C13H23N3O2S.HI/c1-14-12(15-7-13(17)4-5-19-8-13)16-10-6-9-2-3-11(10)18-9;/h9-11,17H,2-8H2,1H3,(H2,14,15,16);1H. The number of thioether (sulfide) groups is 1. The number of aliphatic imine (C=N–C) groups is 1. The van der Waals surface area contributed by atoms with E-state index in [1.165, 1.54) is 6.42 Å². The Hall–Kier alpha value is 0.270. The fourth-order valence-electron chi connectivity index (χ4n) is 3.14. The molecule has 0 spiro atoms. The van der Waals surface area contributed by atoms with Gasteiger partial charge in [-0.2, -0.15) is 11.8 Å². The third-order valence-corrected chi connectivity index (χ3v) is 5.55. The number of nitrogens with one attached hydrogen (secondary N) is 2. The van der Waals surface area contributed by atoms with Crippen LogP contribution in [0, 0.1) is 0 Å². The van der Waals surface area contributed by atoms with Crippen molar-refractivity contribution in [2.24, 2.45) is 4.99 Å². The van der Waals surface area contributed by atoms with Crippen LogP contribution in [-0.2, 0) is 4.74 Å². The van der Waals surface area contributed by atoms with Crippen molar-refractivity contribution in [1.29, 1.82) is 0 Å². The van der Waals surface area contributed by atoms with Gasteiger partial charge in [-0.1, -0.05) is 0 Å². The molecule has 0 amide bonds. The van der Waals surface area contributed by atoms with Crippen LogP contribution in [0.5, 0.6) is 0 Å². The van der Waals surface area contributed by atoms with Crippen molar-refractivity contribution in [3.05, 3.63) is 0 Å². The van der Waals surface area contributed by atoms with E-state index < -0.39 is 5.60 Å². The quantitative estimate of drug-likeness (QED) is 0.366. The van der Waals surface area contributed by atoms with E-state index in [4.69, 9.17) is 4.74 Å². The predicted octanol–water partition coefficient (Wildman–Crippen LogP) is 0.957. The van der Waals surface area contributed by atoms with Gasteiger partial charge in [-0.3, -0.25) is 4.99 Å². The summed E-state index contributed by atoms with van der Waals surface area (Å²) in [5.74, 6) is 2.64. The zero-order chi connectivity index (χ0) is 13.3. The van der Waals surface area contributed by atoms with E-state index in [1.54, 1.807) is 7.05 Å². The van der Waals surface area contributed by atoms with E-state index in [1.807, 2.05) is 11.8 Å². The summed E-state index contributed by atoms with van der Waals surface area (Å²) >= 11 is 1.81. The van der Waals surface area contributed by atoms with Gasteiger partial charge in [-0.25, -0.2) is 0 Å². The van der Waals surface area contributed by atoms with Crippen molar-refractivity contribution in [2.75, 3.05) is 25.1 Å². The number of nitrogens with zero attached hydrogens (tertiary/aromatic N) is 1. The third kappa shape index (κ3) is 3.72. The highest BCUT2D eigenvalue weighted by molar-refractivity contribution is 14.0. The maximum Gasteiger partial charge on any atom is 0.191 e. The smallest absolute Gasteiger partial charge is 0.191 e. The first-order valence-corrected chi connectivity index (χ1v) is 8.27. The van der Waals surface area contributed by atoms with Gasteiger partial charge in [-0.15, -0.1) is 24.0 Å². The molecule has 3 saturated heterocycles. The molecule has 3 aliphatic rings. The van der Waals surface area contributed by atoms with Gasteiger partial charge >= 0.3 is 0 Å². The topological polar surface area (TPSA) is 65.9 Å². The molecule has 3 rings (SSSR count). The van der Waals surface area contributed by atoms with Crippen molar-refractivity contribution >= 4 is 41.7 Å². The predicted molar refractivity (Wildman–Crippen MR) is 93.1 cm³/mol. The summed E-state index contributed by atoms with van der Waals surface area (Å²) in [4.78, 5) is 4.25. The zero-order valence-electron chi connectivity index (χ0n) is 11.8. The first-order valence-electron chi connectivity index (χ1n) is 7.11. The average molecular weight is 413 g/mol. The SMILES string of the molecule is CN=C(NCC1(O)CCSC1)NC1CC2CCC1O2.I. The van der Waals surface area contributed by atoms with Crippen LogP contribution in [0.2, 0.25) is 0 Å². The maximum atomic E-state index is 10.3. The van der Waals surface area contributed by atoms with Crippen molar-refractivity contribution < 1.29 is 9.84 Å². The maximum absolute atomic E-state index is 10.3. The van der Waals surface area contributed by atoms with Crippen LogP contribution in [0.3, 0.4) is 0 Å². The highest BCUT2D eigenvalue weighted by atomic mass is 127. The second kappa shape index (κ2) is 7.02. The molecule has 4 unspecified atom stereocenters. The van der Waals surface area contributed by atoms with Crippen molar-refractivity contribution in [1.82, 2.24) is 10.6 Å². The Kier molecular flexibility index (Phi) is 5.84. The molecule has 3 heterocycles. The fourth-order valence-corrected chi connectivity index (χ4v) is 4.44. The molecule has 0 aliphatic carbocycles. The first-order chi connectivity index (χ1) is 9.18. The minimum absolute atomic E-state index is 0. The summed E-state index contributed by atoms with van der Waals surface area (Å²) in [5.41, 5.74) is -0.576. The molecule has 20 heavy (non-hydrogen) atoms. The highest BCUT2D eigenvalue weighted by Gasteiger charge is 2.41. The van der Waals surface area contributed by atoms with E-state index in [0.717, 1.165) is 36.7 Å². The fraction of sp³-hybridized carbons (Fsp3) is 0.923. The Morgan fingerprint density at radius 3 is 2.90 bits per heavy atom. The van der Waals surface area contributed by atoms with E-state index in [2.05, 4.69) is 15.6 Å². The molecule has 2 bridgehead atoms. The van der Waals surface area contributed by atoms with Gasteiger partial charge < -0.3 is 20.5 Å². The lowest BCUT2D eigenvalue weighted by atomic mass is 9.96. The molecule has 0 saturated carbocycles. The number of aliphatic hydroxyl groups is 1. The Balaban J connectivity index is 0.00000147. The molecule has 7 heteroatoms. The number of guanidine groups is 1. The number of ether oxygens (including phenoxy) is 1. The van der Waals surface area contributed by atoms with Crippen LogP contribution in [-0.4, -0.2) is 60.0 Å². The Morgan fingerprint density at radius 1 is 1.50 bits per heavy atom. The summed E-state index contributed by atoms with van der Waals surface area (Å²) in [6.07, 6.45) is 5.07. The number of rotatable bonds is 3. The van der Waals surface area contributed by atoms with E-state index in [-0.39, 0.29) is 24.0 Å². The van der Waals surface area contributed by atoms with Crippen LogP contribution in [0.4, 0.5) is 0 Å². The average Bonchev–Trinajstić information content (AvgIpc) is 3.11.